The average Bonchev–Trinajstić information content (AvgIpc) is 2.70. The molecule has 0 aliphatic rings. The van der Waals surface area contributed by atoms with Gasteiger partial charge in [-0.2, -0.15) is 0 Å². The van der Waals surface area contributed by atoms with Gasteiger partial charge in [0.2, 0.25) is 0 Å². The Kier molecular flexibility index (Phi) is 8.73. The molecular formula is C22H26N2O4S. The van der Waals surface area contributed by atoms with Gasteiger partial charge < -0.3 is 15.4 Å². The first-order valence-corrected chi connectivity index (χ1v) is 10.4. The minimum Gasteiger partial charge on any atom is -0.455 e. The van der Waals surface area contributed by atoms with Gasteiger partial charge in [-0.25, -0.2) is 0 Å². The molecule has 0 saturated heterocycles. The number of para-hydroxylation sites is 1. The van der Waals surface area contributed by atoms with E-state index < -0.39 is 18.5 Å². The van der Waals surface area contributed by atoms with Crippen LogP contribution in [0.25, 0.3) is 0 Å². The van der Waals surface area contributed by atoms with E-state index in [1.807, 2.05) is 45.0 Å². The van der Waals surface area contributed by atoms with Gasteiger partial charge in [-0.1, -0.05) is 44.2 Å². The summed E-state index contributed by atoms with van der Waals surface area (Å²) in [5.74, 6) is -0.801. The minimum atomic E-state index is -0.497. The Morgan fingerprint density at radius 1 is 1.03 bits per heavy atom. The Bertz CT molecular complexity index is 867. The molecule has 0 bridgehead atoms. The molecule has 0 atom stereocenters. The summed E-state index contributed by atoms with van der Waals surface area (Å²) in [4.78, 5) is 37.4. The van der Waals surface area contributed by atoms with Gasteiger partial charge in [-0.05, 0) is 36.6 Å². The first-order chi connectivity index (χ1) is 13.9. The second kappa shape index (κ2) is 11.3. The van der Waals surface area contributed by atoms with Gasteiger partial charge in [0.1, 0.15) is 0 Å². The number of hydrogen-bond acceptors (Lipinski definition) is 5. The lowest BCUT2D eigenvalue weighted by atomic mass is 10.1. The minimum absolute atomic E-state index is 0.117. The second-order valence-corrected chi connectivity index (χ2v) is 7.93. The summed E-state index contributed by atoms with van der Waals surface area (Å²) >= 11 is 1.37. The zero-order chi connectivity index (χ0) is 21.2. The Morgan fingerprint density at radius 2 is 1.72 bits per heavy atom. The van der Waals surface area contributed by atoms with Gasteiger partial charge in [-0.3, -0.25) is 14.4 Å². The van der Waals surface area contributed by atoms with Crippen molar-refractivity contribution in [2.24, 2.45) is 5.92 Å². The molecule has 2 amide bonds. The molecule has 7 heteroatoms. The molecular weight excluding hydrogens is 388 g/mol. The number of hydrogen-bond donors (Lipinski definition) is 2. The predicted octanol–water partition coefficient (Wildman–Crippen LogP) is 3.65. The first-order valence-electron chi connectivity index (χ1n) is 9.38. The normalized spacial score (nSPS) is 10.5. The van der Waals surface area contributed by atoms with Crippen LogP contribution in [0.2, 0.25) is 0 Å². The van der Waals surface area contributed by atoms with Crippen molar-refractivity contribution in [2.45, 2.75) is 25.7 Å². The van der Waals surface area contributed by atoms with Gasteiger partial charge in [-0.15, -0.1) is 11.8 Å². The molecule has 0 aliphatic carbocycles. The van der Waals surface area contributed by atoms with Gasteiger partial charge in [0, 0.05) is 11.4 Å². The number of rotatable bonds is 9. The largest absolute Gasteiger partial charge is 0.455 e. The maximum atomic E-state index is 12.3. The summed E-state index contributed by atoms with van der Waals surface area (Å²) < 4.78 is 5.04. The van der Waals surface area contributed by atoms with Crippen LogP contribution in [0.1, 0.15) is 29.8 Å². The number of thioether (sulfide) groups is 1. The monoisotopic (exact) mass is 414 g/mol. The van der Waals surface area contributed by atoms with Gasteiger partial charge in [0.15, 0.2) is 6.61 Å². The maximum Gasteiger partial charge on any atom is 0.316 e. The summed E-state index contributed by atoms with van der Waals surface area (Å²) in [6.45, 7) is 6.10. The van der Waals surface area contributed by atoms with Crippen molar-refractivity contribution in [3.63, 3.8) is 0 Å². The molecule has 0 spiro atoms. The van der Waals surface area contributed by atoms with Crippen molar-refractivity contribution < 1.29 is 19.1 Å². The van der Waals surface area contributed by atoms with Crippen molar-refractivity contribution in [2.75, 3.05) is 24.2 Å². The van der Waals surface area contributed by atoms with Crippen LogP contribution in [0, 0.1) is 12.8 Å². The molecule has 0 aliphatic heterocycles. The van der Waals surface area contributed by atoms with E-state index in [1.54, 1.807) is 24.3 Å². The molecule has 0 unspecified atom stereocenters. The fourth-order valence-corrected chi connectivity index (χ4v) is 3.24. The van der Waals surface area contributed by atoms with E-state index in [0.717, 1.165) is 10.5 Å². The highest BCUT2D eigenvalue weighted by molar-refractivity contribution is 8.00. The molecule has 6 nitrogen and oxygen atoms in total. The third-order valence-corrected chi connectivity index (χ3v) is 5.07. The number of carbonyl (C=O) groups excluding carboxylic acids is 3. The third kappa shape index (κ3) is 7.62. The quantitative estimate of drug-likeness (QED) is 0.483. The number of aryl methyl sites for hydroxylation is 1. The van der Waals surface area contributed by atoms with Gasteiger partial charge in [0.25, 0.3) is 11.8 Å². The highest BCUT2D eigenvalue weighted by Crippen LogP contribution is 2.21. The van der Waals surface area contributed by atoms with Crippen LogP contribution in [0.3, 0.4) is 0 Å². The van der Waals surface area contributed by atoms with E-state index in [2.05, 4.69) is 10.6 Å². The van der Waals surface area contributed by atoms with Crippen molar-refractivity contribution >= 4 is 35.2 Å². The fraction of sp³-hybridized carbons (Fsp3) is 0.318. The molecule has 29 heavy (non-hydrogen) atoms. The van der Waals surface area contributed by atoms with Crippen LogP contribution in [0.5, 0.6) is 0 Å². The SMILES string of the molecule is Cc1ccccc1SCC(=O)OCC(=O)Nc1ccccc1C(=O)NCC(C)C. The Balaban J connectivity index is 1.84. The molecule has 0 aromatic heterocycles. The lowest BCUT2D eigenvalue weighted by molar-refractivity contribution is -0.144. The molecule has 0 heterocycles. The molecule has 2 aromatic rings. The number of ether oxygens (including phenoxy) is 1. The lowest BCUT2D eigenvalue weighted by Gasteiger charge is -2.12. The highest BCUT2D eigenvalue weighted by Gasteiger charge is 2.14. The summed E-state index contributed by atoms with van der Waals surface area (Å²) in [6.07, 6.45) is 0. The van der Waals surface area contributed by atoms with E-state index in [4.69, 9.17) is 4.74 Å². The molecule has 2 aromatic carbocycles. The van der Waals surface area contributed by atoms with Gasteiger partial charge >= 0.3 is 5.97 Å². The van der Waals surface area contributed by atoms with Crippen LogP contribution < -0.4 is 10.6 Å². The van der Waals surface area contributed by atoms with Crippen molar-refractivity contribution in [3.05, 3.63) is 59.7 Å². The van der Waals surface area contributed by atoms with Crippen LogP contribution >= 0.6 is 11.8 Å². The van der Waals surface area contributed by atoms with E-state index in [0.29, 0.717) is 23.7 Å². The third-order valence-electron chi connectivity index (χ3n) is 3.92. The number of benzene rings is 2. The second-order valence-electron chi connectivity index (χ2n) is 6.91. The van der Waals surface area contributed by atoms with E-state index in [1.165, 1.54) is 11.8 Å². The number of carbonyl (C=O) groups is 3. The summed E-state index contributed by atoms with van der Waals surface area (Å²) in [5, 5.41) is 5.45. The van der Waals surface area contributed by atoms with Crippen molar-refractivity contribution in [1.82, 2.24) is 5.32 Å². The van der Waals surface area contributed by atoms with Crippen LogP contribution in [-0.4, -0.2) is 36.7 Å². The van der Waals surface area contributed by atoms with E-state index >= 15 is 0 Å². The summed E-state index contributed by atoms with van der Waals surface area (Å²) in [6, 6.07) is 14.5. The number of amides is 2. The van der Waals surface area contributed by atoms with Gasteiger partial charge in [0.05, 0.1) is 17.0 Å². The van der Waals surface area contributed by atoms with E-state index in [9.17, 15) is 14.4 Å². The molecule has 154 valence electrons. The standard InChI is InChI=1S/C22H26N2O4S/c1-15(2)12-23-22(27)17-9-5-6-10-18(17)24-20(25)13-28-21(26)14-29-19-11-7-4-8-16(19)3/h4-11,15H,12-14H2,1-3H3,(H,23,27)(H,24,25). The molecule has 0 radical (unpaired) electrons. The average molecular weight is 415 g/mol. The maximum absolute atomic E-state index is 12.3. The topological polar surface area (TPSA) is 84.5 Å². The predicted molar refractivity (Wildman–Crippen MR) is 115 cm³/mol. The zero-order valence-electron chi connectivity index (χ0n) is 16.9. The number of anilines is 1. The zero-order valence-corrected chi connectivity index (χ0v) is 17.7. The smallest absolute Gasteiger partial charge is 0.316 e. The Hall–Kier alpha value is -2.80. The molecule has 0 fully saturated rings. The van der Waals surface area contributed by atoms with Crippen molar-refractivity contribution in [3.8, 4) is 0 Å². The van der Waals surface area contributed by atoms with Crippen LogP contribution in [-0.2, 0) is 14.3 Å². The fourth-order valence-electron chi connectivity index (χ4n) is 2.41. The van der Waals surface area contributed by atoms with Crippen LogP contribution in [0.4, 0.5) is 5.69 Å². The number of nitrogens with one attached hydrogen (secondary N) is 2. The summed E-state index contributed by atoms with van der Waals surface area (Å²) in [7, 11) is 0. The summed E-state index contributed by atoms with van der Waals surface area (Å²) in [5.41, 5.74) is 1.82. The van der Waals surface area contributed by atoms with Crippen molar-refractivity contribution in [1.29, 1.82) is 0 Å². The molecule has 2 N–H and O–H groups in total. The van der Waals surface area contributed by atoms with E-state index in [-0.39, 0.29) is 11.7 Å². The highest BCUT2D eigenvalue weighted by atomic mass is 32.2. The molecule has 2 rings (SSSR count). The Morgan fingerprint density at radius 3 is 2.45 bits per heavy atom. The van der Waals surface area contributed by atoms with Crippen LogP contribution in [0.15, 0.2) is 53.4 Å². The molecule has 0 saturated carbocycles. The lowest BCUT2D eigenvalue weighted by Crippen LogP contribution is -2.29. The number of esters is 1. The first kappa shape index (κ1) is 22.5. The Labute approximate surface area is 175 Å².